The first kappa shape index (κ1) is 15.4. The topological polar surface area (TPSA) is 52.6 Å². The molecule has 0 aromatic heterocycles. The standard InChI is InChI=1S/C16H18O4S/c1-13-5-3-4-6-16(13)20-12-11-19-14-7-9-15(10-8-14)21(2,17)18/h3-10H,11-12H2,1-2H3. The highest BCUT2D eigenvalue weighted by molar-refractivity contribution is 7.90. The first-order valence-corrected chi connectivity index (χ1v) is 8.47. The van der Waals surface area contributed by atoms with Crippen LogP contribution in [-0.4, -0.2) is 27.9 Å². The Morgan fingerprint density at radius 2 is 1.52 bits per heavy atom. The zero-order valence-electron chi connectivity index (χ0n) is 12.1. The lowest BCUT2D eigenvalue weighted by Gasteiger charge is -2.10. The maximum Gasteiger partial charge on any atom is 0.175 e. The van der Waals surface area contributed by atoms with Crippen molar-refractivity contribution in [1.82, 2.24) is 0 Å². The molecule has 0 aliphatic rings. The van der Waals surface area contributed by atoms with Gasteiger partial charge in [-0.3, -0.25) is 0 Å². The molecule has 0 atom stereocenters. The number of ether oxygens (including phenoxy) is 2. The molecule has 2 aromatic rings. The number of rotatable bonds is 6. The molecule has 0 amide bonds. The molecule has 0 N–H and O–H groups in total. The number of sulfone groups is 1. The smallest absolute Gasteiger partial charge is 0.175 e. The first-order chi connectivity index (χ1) is 9.97. The summed E-state index contributed by atoms with van der Waals surface area (Å²) in [6.45, 7) is 2.81. The first-order valence-electron chi connectivity index (χ1n) is 6.58. The summed E-state index contributed by atoms with van der Waals surface area (Å²) in [6, 6.07) is 14.1. The van der Waals surface area contributed by atoms with Crippen molar-refractivity contribution in [2.75, 3.05) is 19.5 Å². The molecule has 0 spiro atoms. The van der Waals surface area contributed by atoms with E-state index in [0.717, 1.165) is 11.3 Å². The highest BCUT2D eigenvalue weighted by Crippen LogP contribution is 2.17. The van der Waals surface area contributed by atoms with Crippen molar-refractivity contribution in [3.8, 4) is 11.5 Å². The fraction of sp³-hybridized carbons (Fsp3) is 0.250. The fourth-order valence-electron chi connectivity index (χ4n) is 1.81. The highest BCUT2D eigenvalue weighted by atomic mass is 32.2. The van der Waals surface area contributed by atoms with Gasteiger partial charge in [0, 0.05) is 6.26 Å². The maximum atomic E-state index is 11.3. The molecular weight excluding hydrogens is 288 g/mol. The van der Waals surface area contributed by atoms with Gasteiger partial charge in [0.05, 0.1) is 4.90 Å². The number of para-hydroxylation sites is 1. The minimum absolute atomic E-state index is 0.283. The van der Waals surface area contributed by atoms with E-state index in [1.807, 2.05) is 31.2 Å². The maximum absolute atomic E-state index is 11.3. The van der Waals surface area contributed by atoms with Gasteiger partial charge >= 0.3 is 0 Å². The second-order valence-corrected chi connectivity index (χ2v) is 6.72. The van der Waals surface area contributed by atoms with Gasteiger partial charge in [0.2, 0.25) is 0 Å². The van der Waals surface area contributed by atoms with Crippen LogP contribution in [-0.2, 0) is 9.84 Å². The average Bonchev–Trinajstić information content (AvgIpc) is 2.45. The molecule has 5 heteroatoms. The normalized spacial score (nSPS) is 11.1. The third kappa shape index (κ3) is 4.49. The van der Waals surface area contributed by atoms with E-state index in [2.05, 4.69) is 0 Å². The van der Waals surface area contributed by atoms with Gasteiger partial charge in [-0.25, -0.2) is 8.42 Å². The summed E-state index contributed by atoms with van der Waals surface area (Å²) in [5.74, 6) is 1.46. The number of benzene rings is 2. The summed E-state index contributed by atoms with van der Waals surface area (Å²) in [5.41, 5.74) is 1.08. The van der Waals surface area contributed by atoms with Gasteiger partial charge in [-0.2, -0.15) is 0 Å². The summed E-state index contributed by atoms with van der Waals surface area (Å²) < 4.78 is 33.8. The molecule has 4 nitrogen and oxygen atoms in total. The lowest BCUT2D eigenvalue weighted by atomic mass is 10.2. The molecule has 0 bridgehead atoms. The summed E-state index contributed by atoms with van der Waals surface area (Å²) in [4.78, 5) is 0.283. The SMILES string of the molecule is Cc1ccccc1OCCOc1ccc(S(C)(=O)=O)cc1. The minimum atomic E-state index is -3.17. The van der Waals surface area contributed by atoms with Crippen molar-refractivity contribution in [3.63, 3.8) is 0 Å². The van der Waals surface area contributed by atoms with E-state index in [0.29, 0.717) is 19.0 Å². The summed E-state index contributed by atoms with van der Waals surface area (Å²) in [5, 5.41) is 0. The highest BCUT2D eigenvalue weighted by Gasteiger charge is 2.06. The van der Waals surface area contributed by atoms with Crippen LogP contribution in [0.4, 0.5) is 0 Å². The van der Waals surface area contributed by atoms with Crippen LogP contribution >= 0.6 is 0 Å². The van der Waals surface area contributed by atoms with Gasteiger partial charge in [0.25, 0.3) is 0 Å². The zero-order chi connectivity index (χ0) is 15.3. The molecule has 2 rings (SSSR count). The van der Waals surface area contributed by atoms with Crippen molar-refractivity contribution in [3.05, 3.63) is 54.1 Å². The Balaban J connectivity index is 1.83. The molecule has 0 heterocycles. The van der Waals surface area contributed by atoms with Crippen LogP contribution in [0.5, 0.6) is 11.5 Å². The average molecular weight is 306 g/mol. The van der Waals surface area contributed by atoms with Crippen LogP contribution in [0, 0.1) is 6.92 Å². The lowest BCUT2D eigenvalue weighted by molar-refractivity contribution is 0.216. The summed E-state index contributed by atoms with van der Waals surface area (Å²) in [6.07, 6.45) is 1.18. The Morgan fingerprint density at radius 1 is 0.905 bits per heavy atom. The van der Waals surface area contributed by atoms with Gasteiger partial charge in [-0.1, -0.05) is 18.2 Å². The third-order valence-corrected chi connectivity index (χ3v) is 4.08. The molecule has 0 saturated heterocycles. The Kier molecular flexibility index (Phi) is 4.85. The van der Waals surface area contributed by atoms with Crippen LogP contribution in [0.2, 0.25) is 0 Å². The molecular formula is C16H18O4S. The quantitative estimate of drug-likeness (QED) is 0.770. The zero-order valence-corrected chi connectivity index (χ0v) is 12.9. The van der Waals surface area contributed by atoms with E-state index in [1.54, 1.807) is 12.1 Å². The van der Waals surface area contributed by atoms with Crippen LogP contribution in [0.1, 0.15) is 5.56 Å². The van der Waals surface area contributed by atoms with E-state index in [9.17, 15) is 8.42 Å². The molecule has 2 aromatic carbocycles. The predicted molar refractivity (Wildman–Crippen MR) is 81.7 cm³/mol. The van der Waals surface area contributed by atoms with E-state index >= 15 is 0 Å². The molecule has 0 unspecified atom stereocenters. The van der Waals surface area contributed by atoms with Crippen molar-refractivity contribution in [2.45, 2.75) is 11.8 Å². The summed E-state index contributed by atoms with van der Waals surface area (Å²) in [7, 11) is -3.17. The van der Waals surface area contributed by atoms with Crippen molar-refractivity contribution in [2.24, 2.45) is 0 Å². The van der Waals surface area contributed by atoms with Crippen LogP contribution in [0.3, 0.4) is 0 Å². The van der Waals surface area contributed by atoms with E-state index in [1.165, 1.54) is 18.4 Å². The van der Waals surface area contributed by atoms with E-state index < -0.39 is 9.84 Å². The number of hydrogen-bond acceptors (Lipinski definition) is 4. The van der Waals surface area contributed by atoms with Crippen LogP contribution in [0.25, 0.3) is 0 Å². The van der Waals surface area contributed by atoms with Gasteiger partial charge < -0.3 is 9.47 Å². The van der Waals surface area contributed by atoms with Crippen molar-refractivity contribution < 1.29 is 17.9 Å². The van der Waals surface area contributed by atoms with Crippen molar-refractivity contribution >= 4 is 9.84 Å². The van der Waals surface area contributed by atoms with Gasteiger partial charge in [0.15, 0.2) is 9.84 Å². The molecule has 0 aliphatic heterocycles. The Hall–Kier alpha value is -2.01. The second kappa shape index (κ2) is 6.63. The Morgan fingerprint density at radius 3 is 2.14 bits per heavy atom. The third-order valence-electron chi connectivity index (χ3n) is 2.96. The molecule has 0 fully saturated rings. The van der Waals surface area contributed by atoms with Crippen LogP contribution < -0.4 is 9.47 Å². The molecule has 21 heavy (non-hydrogen) atoms. The largest absolute Gasteiger partial charge is 0.490 e. The Bertz CT molecular complexity index is 690. The molecule has 0 radical (unpaired) electrons. The predicted octanol–water partition coefficient (Wildman–Crippen LogP) is 2.86. The fourth-order valence-corrected chi connectivity index (χ4v) is 2.44. The van der Waals surface area contributed by atoms with Gasteiger partial charge in [-0.15, -0.1) is 0 Å². The monoisotopic (exact) mass is 306 g/mol. The minimum Gasteiger partial charge on any atom is -0.490 e. The molecule has 0 saturated carbocycles. The summed E-state index contributed by atoms with van der Waals surface area (Å²) >= 11 is 0. The van der Waals surface area contributed by atoms with Crippen molar-refractivity contribution in [1.29, 1.82) is 0 Å². The number of aryl methyl sites for hydroxylation is 1. The van der Waals surface area contributed by atoms with Crippen LogP contribution in [0.15, 0.2) is 53.4 Å². The second-order valence-electron chi connectivity index (χ2n) is 4.71. The molecule has 112 valence electrons. The number of hydrogen-bond donors (Lipinski definition) is 0. The Labute approximate surface area is 125 Å². The van der Waals surface area contributed by atoms with Gasteiger partial charge in [0.1, 0.15) is 24.7 Å². The van der Waals surface area contributed by atoms with Gasteiger partial charge in [-0.05, 0) is 42.8 Å². The lowest BCUT2D eigenvalue weighted by Crippen LogP contribution is -2.09. The van der Waals surface area contributed by atoms with E-state index in [4.69, 9.17) is 9.47 Å². The van der Waals surface area contributed by atoms with E-state index in [-0.39, 0.29) is 4.90 Å². The molecule has 0 aliphatic carbocycles.